The third-order valence-corrected chi connectivity index (χ3v) is 23.3. The lowest BCUT2D eigenvalue weighted by molar-refractivity contribution is -0.239. The van der Waals surface area contributed by atoms with E-state index in [2.05, 4.69) is 33.2 Å². The maximum absolute atomic E-state index is 14.5. The zero-order valence-electron chi connectivity index (χ0n) is 49.4. The number of amides is 1. The molecule has 8 aliphatic carbocycles. The average Bonchev–Trinajstić information content (AvgIpc) is 1.58. The molecule has 456 valence electrons. The van der Waals surface area contributed by atoms with Crippen molar-refractivity contribution in [1.82, 2.24) is 10.5 Å². The van der Waals surface area contributed by atoms with Crippen molar-refractivity contribution >= 4 is 45.9 Å². The summed E-state index contributed by atoms with van der Waals surface area (Å²) in [6.07, 6.45) is 20.4. The van der Waals surface area contributed by atoms with Crippen LogP contribution in [0, 0.1) is 69.0 Å². The number of hydroxylamine groups is 3. The number of hydrogen-bond acceptors (Lipinski definition) is 15. The van der Waals surface area contributed by atoms with E-state index in [1.54, 1.807) is 60.7 Å². The fourth-order valence-corrected chi connectivity index (χ4v) is 19.4. The minimum atomic E-state index is -1.29. The Morgan fingerprint density at radius 1 is 0.647 bits per heavy atom. The van der Waals surface area contributed by atoms with Gasteiger partial charge in [0.25, 0.3) is 11.1 Å². The van der Waals surface area contributed by atoms with Crippen molar-refractivity contribution in [2.24, 2.45) is 69.0 Å². The fourth-order valence-electron chi connectivity index (χ4n) is 19.3. The van der Waals surface area contributed by atoms with Gasteiger partial charge in [-0.3, -0.25) is 38.4 Å². The van der Waals surface area contributed by atoms with E-state index < -0.39 is 51.2 Å². The lowest BCUT2D eigenvalue weighted by atomic mass is 9.46. The summed E-state index contributed by atoms with van der Waals surface area (Å²) < 4.78 is 23.4. The number of rotatable bonds is 10. The molecule has 2 unspecified atom stereocenters. The molecule has 6 saturated carbocycles. The van der Waals surface area contributed by atoms with E-state index in [0.29, 0.717) is 50.3 Å². The number of benzene rings is 2. The van der Waals surface area contributed by atoms with Gasteiger partial charge < -0.3 is 29.2 Å². The molecule has 4 heterocycles. The average molecular weight is 1190 g/mol. The summed E-state index contributed by atoms with van der Waals surface area (Å²) in [5.74, 6) is 0.222. The van der Waals surface area contributed by atoms with Crippen molar-refractivity contribution in [3.63, 3.8) is 0 Å². The Bertz CT molecular complexity index is 3050. The molecule has 0 radical (unpaired) electrons. The Balaban J connectivity index is 0.000000148. The van der Waals surface area contributed by atoms with Crippen LogP contribution < -0.4 is 5.48 Å². The van der Waals surface area contributed by atoms with E-state index in [4.69, 9.17) is 40.2 Å². The van der Waals surface area contributed by atoms with Crippen molar-refractivity contribution < 1.29 is 67.6 Å². The molecule has 1 amide bonds. The van der Waals surface area contributed by atoms with E-state index in [1.165, 1.54) is 5.06 Å². The van der Waals surface area contributed by atoms with E-state index in [0.717, 1.165) is 88.2 Å². The summed E-state index contributed by atoms with van der Waals surface area (Å²) in [5, 5.41) is 24.6. The lowest BCUT2D eigenvalue weighted by Crippen LogP contribution is -2.63. The van der Waals surface area contributed by atoms with Gasteiger partial charge in [0.15, 0.2) is 46.9 Å². The number of hydrogen-bond donors (Lipinski definition) is 3. The minimum Gasteiger partial charge on any atom is -0.393 e. The zero-order valence-corrected chi connectivity index (χ0v) is 50.2. The summed E-state index contributed by atoms with van der Waals surface area (Å²) in [6, 6.07) is 17.7. The van der Waals surface area contributed by atoms with Gasteiger partial charge in [0.1, 0.15) is 13.2 Å². The van der Waals surface area contributed by atoms with Crippen LogP contribution in [0.2, 0.25) is 0 Å². The number of allylic oxidation sites excluding steroid dienone is 8. The number of nitrogens with zero attached hydrogens (tertiary/aromatic N) is 1. The third-order valence-electron chi connectivity index (χ3n) is 23.1. The topological polar surface area (TPSA) is 214 Å². The largest absolute Gasteiger partial charge is 0.393 e. The first kappa shape index (κ1) is 60.4. The van der Waals surface area contributed by atoms with E-state index in [9.17, 15) is 39.0 Å². The van der Waals surface area contributed by atoms with Crippen molar-refractivity contribution in [2.45, 2.75) is 154 Å². The molecule has 85 heavy (non-hydrogen) atoms. The van der Waals surface area contributed by atoms with Crippen LogP contribution in [-0.4, -0.2) is 125 Å². The summed E-state index contributed by atoms with van der Waals surface area (Å²) in [7, 11) is 0. The maximum atomic E-state index is 14.5. The Hall–Kier alpha value is -4.85. The number of aliphatic hydroxyl groups excluding tert-OH is 2. The molecule has 14 rings (SSSR count). The molecule has 4 aliphatic heterocycles. The van der Waals surface area contributed by atoms with Gasteiger partial charge in [-0.25, -0.2) is 10.5 Å². The number of carbonyl (C=O) groups excluding carboxylic acids is 6. The molecule has 18 atom stereocenters. The van der Waals surface area contributed by atoms with Gasteiger partial charge in [-0.1, -0.05) is 99.5 Å². The smallest absolute Gasteiger partial charge is 0.277 e. The number of ketones is 4. The summed E-state index contributed by atoms with van der Waals surface area (Å²) >= 11 is 5.16. The molecule has 10 fully saturated rings. The SMILES string of the molecule is C[C@]12C=CC(=O)C=C1CC[C@@H]1[C@@H]2[C@@H](O)C[C@@]2(C)[C@H]1C[C@H]1CN(C(=O)c3ccccc3)O[C@]12C(=O)COC1CCCCO1.C[C@]12C=CC(=O)C=C1CC[C@@H]1[C@@H]2[C@@H](O)C[C@@]2(C)[C@H]1C[C@H]1CNO[C@]12C(=O)COC1CCCCO1.O=C(Cl)c1ccccc1. The molecule has 0 spiro atoms. The second-order valence-electron chi connectivity index (χ2n) is 27.2. The number of aliphatic hydroxyl groups is 2. The number of halogens is 1. The molecular formula is C68H83ClN2O14. The minimum absolute atomic E-state index is 0.00882. The van der Waals surface area contributed by atoms with Gasteiger partial charge in [0.05, 0.1) is 18.8 Å². The first-order valence-electron chi connectivity index (χ1n) is 31.3. The van der Waals surface area contributed by atoms with Crippen LogP contribution in [0.3, 0.4) is 0 Å². The van der Waals surface area contributed by atoms with Gasteiger partial charge >= 0.3 is 0 Å². The molecular weight excluding hydrogens is 1100 g/mol. The summed E-state index contributed by atoms with van der Waals surface area (Å²) in [5.41, 5.74) is 2.15. The quantitative estimate of drug-likeness (QED) is 0.189. The van der Waals surface area contributed by atoms with Crippen LogP contribution in [0.15, 0.2) is 108 Å². The molecule has 12 aliphatic rings. The monoisotopic (exact) mass is 1190 g/mol. The van der Waals surface area contributed by atoms with Crippen LogP contribution in [0.25, 0.3) is 0 Å². The molecule has 2 aromatic rings. The second-order valence-corrected chi connectivity index (χ2v) is 27.6. The third kappa shape index (κ3) is 10.2. The van der Waals surface area contributed by atoms with Crippen molar-refractivity contribution in [3.8, 4) is 0 Å². The lowest BCUT2D eigenvalue weighted by Gasteiger charge is -2.59. The van der Waals surface area contributed by atoms with Gasteiger partial charge in [0, 0.05) is 76.2 Å². The van der Waals surface area contributed by atoms with E-state index >= 15 is 0 Å². The van der Waals surface area contributed by atoms with Gasteiger partial charge in [-0.2, -0.15) is 0 Å². The van der Waals surface area contributed by atoms with E-state index in [-0.39, 0.29) is 101 Å². The molecule has 16 nitrogen and oxygen atoms in total. The first-order chi connectivity index (χ1) is 40.8. The Morgan fingerprint density at radius 3 is 1.61 bits per heavy atom. The highest BCUT2D eigenvalue weighted by Gasteiger charge is 2.77. The second kappa shape index (κ2) is 23.6. The van der Waals surface area contributed by atoms with Crippen LogP contribution in [0.5, 0.6) is 0 Å². The van der Waals surface area contributed by atoms with Crippen molar-refractivity contribution in [1.29, 1.82) is 0 Å². The normalized spacial score (nSPS) is 41.7. The molecule has 0 aromatic heterocycles. The van der Waals surface area contributed by atoms with Gasteiger partial charge in [-0.05, 0) is 162 Å². The Labute approximate surface area is 503 Å². The van der Waals surface area contributed by atoms with Crippen LogP contribution in [0.1, 0.15) is 138 Å². The Kier molecular flexibility index (Phi) is 16.8. The van der Waals surface area contributed by atoms with Gasteiger partial charge in [0.2, 0.25) is 0 Å². The van der Waals surface area contributed by atoms with E-state index in [1.807, 2.05) is 36.4 Å². The standard InChI is InChI=1S/C34H41NO7.C27H37NO6.C7H5ClO/c1-32-14-13-24(36)16-22(32)11-12-25-26-17-23-19-35(31(39)21-8-4-3-5-9-21)42-34(23,33(26,2)18-27(37)30(25)32)28(38)20-41-29-10-6-7-15-40-29;1-25-9-8-18(29)11-16(25)6-7-19-20-12-17-14-28-34-27(17,26(20,2)13-21(30)24(19)25)22(31)15-33-23-5-3-4-10-32-23;8-7(9)6-4-2-1-3-5-6/h3-5,8-9,13-14,16,23,25-27,29-30,37H,6-7,10-12,15,17-20H2,1-2H3;8-9,11,17,19-21,23-24,28,30H,3-7,10,12-15H2,1-2H3;1-5H/t23-,25-,26-,27-,29?,30+,32-,33-,34-;17-,19-,20-,21-,23?,24+,25-,26-,27-;/m00./s1. The van der Waals surface area contributed by atoms with Crippen LogP contribution in [-0.2, 0) is 47.8 Å². The molecule has 0 bridgehead atoms. The highest BCUT2D eigenvalue weighted by Crippen LogP contribution is 2.72. The predicted molar refractivity (Wildman–Crippen MR) is 313 cm³/mol. The molecule has 3 N–H and O–H groups in total. The zero-order chi connectivity index (χ0) is 59.7. The first-order valence-corrected chi connectivity index (χ1v) is 31.6. The van der Waals surface area contributed by atoms with Crippen molar-refractivity contribution in [3.05, 3.63) is 119 Å². The highest BCUT2D eigenvalue weighted by molar-refractivity contribution is 6.67. The Morgan fingerprint density at radius 2 is 1.13 bits per heavy atom. The summed E-state index contributed by atoms with van der Waals surface area (Å²) in [4.78, 5) is 89.5. The van der Waals surface area contributed by atoms with Crippen molar-refractivity contribution in [2.75, 3.05) is 39.5 Å². The number of fused-ring (bicyclic) bond motifs is 14. The molecule has 17 heteroatoms. The predicted octanol–water partition coefficient (Wildman–Crippen LogP) is 9.37. The molecule has 4 saturated heterocycles. The molecule has 2 aromatic carbocycles. The number of nitrogens with one attached hydrogen (secondary N) is 1. The highest BCUT2D eigenvalue weighted by atomic mass is 35.5. The van der Waals surface area contributed by atoms with Gasteiger partial charge in [-0.15, -0.1) is 0 Å². The summed E-state index contributed by atoms with van der Waals surface area (Å²) in [6.45, 7) is 10.7. The number of Topliss-reactive ketones (excluding diaryl/α,β-unsaturated/α-hetero) is 2. The maximum Gasteiger partial charge on any atom is 0.277 e. The van der Waals surface area contributed by atoms with Crippen LogP contribution >= 0.6 is 11.6 Å². The number of carbonyl (C=O) groups is 6. The fraction of sp³-hybridized carbons (Fsp3) is 0.618. The number of ether oxygens (including phenoxy) is 4. The van der Waals surface area contributed by atoms with Crippen LogP contribution in [0.4, 0.5) is 0 Å².